The van der Waals surface area contributed by atoms with Crippen LogP contribution < -0.4 is 9.80 Å². The minimum absolute atomic E-state index is 0.301. The van der Waals surface area contributed by atoms with Crippen molar-refractivity contribution < 1.29 is 4.74 Å². The van der Waals surface area contributed by atoms with E-state index in [4.69, 9.17) is 9.72 Å². The van der Waals surface area contributed by atoms with Crippen molar-refractivity contribution in [3.8, 4) is 11.4 Å². The Kier molecular flexibility index (Phi) is 3.97. The number of aromatic amines is 1. The molecule has 3 aromatic heterocycles. The zero-order chi connectivity index (χ0) is 18.4. The predicted octanol–water partition coefficient (Wildman–Crippen LogP) is 2.84. The molecule has 1 N–H and O–H groups in total. The van der Waals surface area contributed by atoms with Crippen molar-refractivity contribution in [2.24, 2.45) is 0 Å². The third-order valence-electron chi connectivity index (χ3n) is 5.58. The molecule has 3 aromatic rings. The van der Waals surface area contributed by atoms with Gasteiger partial charge >= 0.3 is 0 Å². The standard InChI is InChI=1S/C20H24N6O/c1-13-12-27-10-9-26(13)18-11-17(25(2)14-3-4-14)15-5-7-21-20(19(15)23-18)16-6-8-22-24-16/h5-8,11,13-14H,3-4,9-10,12H2,1-2H3,(H,22,24)/t13-/m1/s1. The molecule has 1 aliphatic carbocycles. The van der Waals surface area contributed by atoms with Gasteiger partial charge in [-0.05, 0) is 31.9 Å². The lowest BCUT2D eigenvalue weighted by molar-refractivity contribution is 0.0986. The fraction of sp³-hybridized carbons (Fsp3) is 0.450. The van der Waals surface area contributed by atoms with Crippen LogP contribution in [0.2, 0.25) is 0 Å². The van der Waals surface area contributed by atoms with E-state index in [-0.39, 0.29) is 0 Å². The number of morpholine rings is 1. The van der Waals surface area contributed by atoms with Crippen LogP contribution in [-0.4, -0.2) is 59.1 Å². The molecule has 1 aliphatic heterocycles. The summed E-state index contributed by atoms with van der Waals surface area (Å²) in [4.78, 5) is 14.4. The largest absolute Gasteiger partial charge is 0.377 e. The average Bonchev–Trinajstić information content (AvgIpc) is 3.41. The number of fused-ring (bicyclic) bond motifs is 1. The molecule has 1 saturated heterocycles. The van der Waals surface area contributed by atoms with E-state index in [1.807, 2.05) is 12.3 Å². The Bertz CT molecular complexity index is 953. The monoisotopic (exact) mass is 364 g/mol. The number of anilines is 2. The van der Waals surface area contributed by atoms with E-state index in [1.165, 1.54) is 18.5 Å². The smallest absolute Gasteiger partial charge is 0.131 e. The molecule has 0 amide bonds. The molecule has 1 saturated carbocycles. The number of rotatable bonds is 4. The minimum atomic E-state index is 0.301. The van der Waals surface area contributed by atoms with E-state index in [0.29, 0.717) is 12.1 Å². The van der Waals surface area contributed by atoms with Crippen LogP contribution in [0.3, 0.4) is 0 Å². The second kappa shape index (κ2) is 6.49. The van der Waals surface area contributed by atoms with Crippen molar-refractivity contribution in [2.45, 2.75) is 31.8 Å². The summed E-state index contributed by atoms with van der Waals surface area (Å²) in [5, 5.41) is 8.27. The number of nitrogens with one attached hydrogen (secondary N) is 1. The zero-order valence-electron chi connectivity index (χ0n) is 15.7. The van der Waals surface area contributed by atoms with Crippen LogP contribution >= 0.6 is 0 Å². The van der Waals surface area contributed by atoms with Gasteiger partial charge in [0.2, 0.25) is 0 Å². The van der Waals surface area contributed by atoms with Gasteiger partial charge in [-0.3, -0.25) is 10.1 Å². The number of aromatic nitrogens is 4. The van der Waals surface area contributed by atoms with E-state index in [9.17, 15) is 0 Å². The van der Waals surface area contributed by atoms with Gasteiger partial charge in [-0.25, -0.2) is 4.98 Å². The number of hydrogen-bond acceptors (Lipinski definition) is 6. The first-order chi connectivity index (χ1) is 13.2. The molecule has 0 bridgehead atoms. The lowest BCUT2D eigenvalue weighted by atomic mass is 10.1. The maximum Gasteiger partial charge on any atom is 0.131 e. The zero-order valence-corrected chi connectivity index (χ0v) is 15.7. The lowest BCUT2D eigenvalue weighted by Crippen LogP contribution is -2.44. The third-order valence-corrected chi connectivity index (χ3v) is 5.58. The van der Waals surface area contributed by atoms with Crippen molar-refractivity contribution in [3.63, 3.8) is 0 Å². The lowest BCUT2D eigenvalue weighted by Gasteiger charge is -2.35. The fourth-order valence-corrected chi connectivity index (χ4v) is 3.87. The van der Waals surface area contributed by atoms with Crippen LogP contribution in [0.25, 0.3) is 22.3 Å². The number of ether oxygens (including phenoxy) is 1. The Morgan fingerprint density at radius 2 is 2.15 bits per heavy atom. The van der Waals surface area contributed by atoms with Crippen LogP contribution in [0.15, 0.2) is 30.6 Å². The molecule has 2 aliphatic rings. The summed E-state index contributed by atoms with van der Waals surface area (Å²) in [5.74, 6) is 0.995. The molecular weight excluding hydrogens is 340 g/mol. The predicted molar refractivity (Wildman–Crippen MR) is 106 cm³/mol. The number of H-pyrrole nitrogens is 1. The minimum Gasteiger partial charge on any atom is -0.377 e. The summed E-state index contributed by atoms with van der Waals surface area (Å²) in [6.45, 7) is 4.51. The van der Waals surface area contributed by atoms with Crippen LogP contribution in [-0.2, 0) is 4.74 Å². The molecule has 0 radical (unpaired) electrons. The second-order valence-corrected chi connectivity index (χ2v) is 7.49. The van der Waals surface area contributed by atoms with E-state index < -0.39 is 0 Å². The molecule has 4 heterocycles. The van der Waals surface area contributed by atoms with E-state index in [2.05, 4.69) is 51.1 Å². The highest BCUT2D eigenvalue weighted by Gasteiger charge is 2.29. The van der Waals surface area contributed by atoms with Crippen molar-refractivity contribution in [1.82, 2.24) is 20.2 Å². The topological polar surface area (TPSA) is 70.2 Å². The molecule has 140 valence electrons. The van der Waals surface area contributed by atoms with Crippen LogP contribution in [0.4, 0.5) is 11.5 Å². The molecular formula is C20H24N6O. The van der Waals surface area contributed by atoms with Gasteiger partial charge in [-0.2, -0.15) is 5.10 Å². The summed E-state index contributed by atoms with van der Waals surface area (Å²) >= 11 is 0. The summed E-state index contributed by atoms with van der Waals surface area (Å²) in [7, 11) is 2.19. The van der Waals surface area contributed by atoms with Crippen molar-refractivity contribution in [1.29, 1.82) is 0 Å². The van der Waals surface area contributed by atoms with Gasteiger partial charge in [0.1, 0.15) is 17.0 Å². The molecule has 0 aromatic carbocycles. The first kappa shape index (κ1) is 16.5. The first-order valence-electron chi connectivity index (χ1n) is 9.59. The van der Waals surface area contributed by atoms with Gasteiger partial charge in [0.05, 0.1) is 24.9 Å². The number of hydrogen-bond donors (Lipinski definition) is 1. The van der Waals surface area contributed by atoms with Gasteiger partial charge < -0.3 is 14.5 Å². The van der Waals surface area contributed by atoms with Gasteiger partial charge in [0, 0.05) is 49.2 Å². The number of pyridine rings is 2. The number of nitrogens with zero attached hydrogens (tertiary/aromatic N) is 5. The maximum atomic E-state index is 5.62. The molecule has 27 heavy (non-hydrogen) atoms. The molecule has 0 unspecified atom stereocenters. The normalized spacial score (nSPS) is 20.2. The highest BCUT2D eigenvalue weighted by molar-refractivity contribution is 6.00. The highest BCUT2D eigenvalue weighted by Crippen LogP contribution is 2.38. The summed E-state index contributed by atoms with van der Waals surface area (Å²) < 4.78 is 5.62. The maximum absolute atomic E-state index is 5.62. The third kappa shape index (κ3) is 2.92. The van der Waals surface area contributed by atoms with Gasteiger partial charge in [0.15, 0.2) is 0 Å². The van der Waals surface area contributed by atoms with Crippen molar-refractivity contribution >= 4 is 22.4 Å². The highest BCUT2D eigenvalue weighted by atomic mass is 16.5. The molecule has 7 nitrogen and oxygen atoms in total. The molecule has 2 fully saturated rings. The van der Waals surface area contributed by atoms with Crippen LogP contribution in [0.1, 0.15) is 19.8 Å². The van der Waals surface area contributed by atoms with Crippen molar-refractivity contribution in [2.75, 3.05) is 36.6 Å². The first-order valence-corrected chi connectivity index (χ1v) is 9.59. The Morgan fingerprint density at radius 3 is 2.89 bits per heavy atom. The van der Waals surface area contributed by atoms with Gasteiger partial charge in [-0.15, -0.1) is 0 Å². The quantitative estimate of drug-likeness (QED) is 0.768. The Hall–Kier alpha value is -2.67. The van der Waals surface area contributed by atoms with Crippen molar-refractivity contribution in [3.05, 3.63) is 30.6 Å². The average molecular weight is 364 g/mol. The summed E-state index contributed by atoms with van der Waals surface area (Å²) in [6.07, 6.45) is 6.12. The van der Waals surface area contributed by atoms with Gasteiger partial charge in [0.25, 0.3) is 0 Å². The fourth-order valence-electron chi connectivity index (χ4n) is 3.87. The van der Waals surface area contributed by atoms with Crippen LogP contribution in [0.5, 0.6) is 0 Å². The Balaban J connectivity index is 1.72. The van der Waals surface area contributed by atoms with E-state index >= 15 is 0 Å². The molecule has 5 rings (SSSR count). The van der Waals surface area contributed by atoms with Crippen LogP contribution in [0, 0.1) is 0 Å². The Labute approximate surface area is 158 Å². The van der Waals surface area contributed by atoms with E-state index in [0.717, 1.165) is 47.9 Å². The van der Waals surface area contributed by atoms with Gasteiger partial charge in [-0.1, -0.05) is 0 Å². The second-order valence-electron chi connectivity index (χ2n) is 7.49. The molecule has 1 atom stereocenters. The molecule has 0 spiro atoms. The Morgan fingerprint density at radius 1 is 1.26 bits per heavy atom. The SMILES string of the molecule is C[C@@H]1COCCN1c1cc(N(C)C2CC2)c2ccnc(-c3ccn[nH]3)c2n1. The van der Waals surface area contributed by atoms with E-state index in [1.54, 1.807) is 6.20 Å². The molecule has 7 heteroatoms. The summed E-state index contributed by atoms with van der Waals surface area (Å²) in [5.41, 5.74) is 3.87. The summed E-state index contributed by atoms with van der Waals surface area (Å²) in [6, 6.07) is 7.17.